The molecule has 0 radical (unpaired) electrons. The summed E-state index contributed by atoms with van der Waals surface area (Å²) in [6, 6.07) is 14.1. The Hall–Kier alpha value is -3.59. The first-order valence-corrected chi connectivity index (χ1v) is 10.6. The standard InChI is InChI=1S/C26H30N2O4/c1-6-7-14-28-24(29)20(17-27)15-18-8-13-22(23(16-18)31-5)32-25(30)19-9-11-21(12-10-19)26(2,3)4/h8-13,15-16H,6-7,14H2,1-5H3,(H,28,29)/b20-15+. The fourth-order valence-electron chi connectivity index (χ4n) is 2.91. The maximum atomic E-state index is 12.6. The second kappa shape index (κ2) is 11.1. The average molecular weight is 435 g/mol. The second-order valence-corrected chi connectivity index (χ2v) is 8.41. The third-order valence-corrected chi connectivity index (χ3v) is 4.87. The van der Waals surface area contributed by atoms with Crippen LogP contribution >= 0.6 is 0 Å². The molecule has 1 N–H and O–H groups in total. The van der Waals surface area contributed by atoms with E-state index in [1.165, 1.54) is 13.2 Å². The van der Waals surface area contributed by atoms with Crippen LogP contribution < -0.4 is 14.8 Å². The molecule has 0 fully saturated rings. The Morgan fingerprint density at radius 3 is 2.34 bits per heavy atom. The molecule has 0 spiro atoms. The van der Waals surface area contributed by atoms with Crippen molar-refractivity contribution in [3.05, 3.63) is 64.7 Å². The van der Waals surface area contributed by atoms with Gasteiger partial charge >= 0.3 is 5.97 Å². The summed E-state index contributed by atoms with van der Waals surface area (Å²) >= 11 is 0. The number of carbonyl (C=O) groups excluding carboxylic acids is 2. The molecule has 2 aromatic carbocycles. The van der Waals surface area contributed by atoms with Crippen LogP contribution in [0, 0.1) is 11.3 Å². The van der Waals surface area contributed by atoms with E-state index in [-0.39, 0.29) is 16.7 Å². The third kappa shape index (κ3) is 6.71. The molecular formula is C26H30N2O4. The van der Waals surface area contributed by atoms with E-state index in [0.717, 1.165) is 18.4 Å². The van der Waals surface area contributed by atoms with E-state index in [1.54, 1.807) is 30.3 Å². The van der Waals surface area contributed by atoms with E-state index in [2.05, 4.69) is 26.1 Å². The van der Waals surface area contributed by atoms with Gasteiger partial charge in [0, 0.05) is 6.54 Å². The number of amides is 1. The van der Waals surface area contributed by atoms with E-state index in [1.807, 2.05) is 25.1 Å². The van der Waals surface area contributed by atoms with E-state index in [0.29, 0.717) is 23.4 Å². The normalized spacial score (nSPS) is 11.4. The van der Waals surface area contributed by atoms with Crippen molar-refractivity contribution in [2.45, 2.75) is 46.0 Å². The molecule has 0 bridgehead atoms. The number of hydrogen-bond donors (Lipinski definition) is 1. The van der Waals surface area contributed by atoms with E-state index < -0.39 is 11.9 Å². The molecule has 168 valence electrons. The summed E-state index contributed by atoms with van der Waals surface area (Å²) in [4.78, 5) is 24.7. The lowest BCUT2D eigenvalue weighted by atomic mass is 9.87. The summed E-state index contributed by atoms with van der Waals surface area (Å²) in [5, 5.41) is 12.1. The molecule has 2 rings (SSSR count). The molecule has 0 unspecified atom stereocenters. The molecule has 6 heteroatoms. The number of unbranched alkanes of at least 4 members (excludes halogenated alkanes) is 1. The molecule has 0 heterocycles. The van der Waals surface area contributed by atoms with Gasteiger partial charge in [0.2, 0.25) is 0 Å². The molecule has 0 atom stereocenters. The Bertz CT molecular complexity index is 1030. The number of nitrogens with one attached hydrogen (secondary N) is 1. The summed E-state index contributed by atoms with van der Waals surface area (Å²) in [6.45, 7) is 8.85. The summed E-state index contributed by atoms with van der Waals surface area (Å²) in [7, 11) is 1.46. The molecule has 0 aliphatic rings. The van der Waals surface area contributed by atoms with Gasteiger partial charge in [0.05, 0.1) is 12.7 Å². The van der Waals surface area contributed by atoms with Crippen LogP contribution in [0.5, 0.6) is 11.5 Å². The molecule has 0 aliphatic carbocycles. The average Bonchev–Trinajstić information content (AvgIpc) is 2.77. The molecular weight excluding hydrogens is 404 g/mol. The number of hydrogen-bond acceptors (Lipinski definition) is 5. The smallest absolute Gasteiger partial charge is 0.343 e. The number of benzene rings is 2. The SMILES string of the molecule is CCCCNC(=O)/C(C#N)=C/c1ccc(OC(=O)c2ccc(C(C)(C)C)cc2)c(OC)c1. The summed E-state index contributed by atoms with van der Waals surface area (Å²) in [6.07, 6.45) is 3.27. The zero-order valence-electron chi connectivity index (χ0n) is 19.3. The minimum Gasteiger partial charge on any atom is -0.493 e. The predicted octanol–water partition coefficient (Wildman–Crippen LogP) is 5.04. The van der Waals surface area contributed by atoms with Crippen LogP contribution in [0.3, 0.4) is 0 Å². The number of esters is 1. The summed E-state index contributed by atoms with van der Waals surface area (Å²) < 4.78 is 10.9. The first-order chi connectivity index (χ1) is 15.2. The fourth-order valence-corrected chi connectivity index (χ4v) is 2.91. The lowest BCUT2D eigenvalue weighted by Crippen LogP contribution is -2.25. The fraction of sp³-hybridized carbons (Fsp3) is 0.346. The van der Waals surface area contributed by atoms with Crippen molar-refractivity contribution in [3.8, 4) is 17.6 Å². The molecule has 32 heavy (non-hydrogen) atoms. The predicted molar refractivity (Wildman–Crippen MR) is 125 cm³/mol. The first kappa shape index (κ1) is 24.7. The number of rotatable bonds is 8. The highest BCUT2D eigenvalue weighted by atomic mass is 16.6. The number of ether oxygens (including phenoxy) is 2. The number of carbonyl (C=O) groups is 2. The summed E-state index contributed by atoms with van der Waals surface area (Å²) in [5.74, 6) is -0.350. The van der Waals surface area contributed by atoms with E-state index in [4.69, 9.17) is 9.47 Å². The number of methoxy groups -OCH3 is 1. The Morgan fingerprint density at radius 1 is 1.09 bits per heavy atom. The van der Waals surface area contributed by atoms with Gasteiger partial charge in [-0.05, 0) is 53.3 Å². The number of nitriles is 1. The lowest BCUT2D eigenvalue weighted by Gasteiger charge is -2.19. The van der Waals surface area contributed by atoms with Crippen molar-refractivity contribution < 1.29 is 19.1 Å². The molecule has 0 saturated heterocycles. The van der Waals surface area contributed by atoms with E-state index in [9.17, 15) is 14.9 Å². The Balaban J connectivity index is 2.18. The highest BCUT2D eigenvalue weighted by molar-refractivity contribution is 6.01. The van der Waals surface area contributed by atoms with Gasteiger partial charge in [-0.15, -0.1) is 0 Å². The monoisotopic (exact) mass is 434 g/mol. The van der Waals surface area contributed by atoms with Crippen molar-refractivity contribution >= 4 is 18.0 Å². The second-order valence-electron chi connectivity index (χ2n) is 8.41. The van der Waals surface area contributed by atoms with Crippen molar-refractivity contribution in [1.82, 2.24) is 5.32 Å². The van der Waals surface area contributed by atoms with Crippen LogP contribution in [-0.4, -0.2) is 25.5 Å². The highest BCUT2D eigenvalue weighted by Crippen LogP contribution is 2.30. The summed E-state index contributed by atoms with van der Waals surface area (Å²) in [5.41, 5.74) is 2.11. The van der Waals surface area contributed by atoms with Gasteiger partial charge in [-0.2, -0.15) is 5.26 Å². The van der Waals surface area contributed by atoms with Gasteiger partial charge in [-0.3, -0.25) is 4.79 Å². The van der Waals surface area contributed by atoms with Gasteiger partial charge < -0.3 is 14.8 Å². The highest BCUT2D eigenvalue weighted by Gasteiger charge is 2.17. The minimum atomic E-state index is -0.500. The topological polar surface area (TPSA) is 88.4 Å². The van der Waals surface area contributed by atoms with Gasteiger partial charge in [0.1, 0.15) is 11.6 Å². The Morgan fingerprint density at radius 2 is 1.78 bits per heavy atom. The van der Waals surface area contributed by atoms with Crippen LogP contribution in [-0.2, 0) is 10.2 Å². The van der Waals surface area contributed by atoms with Gasteiger partial charge in [0.15, 0.2) is 11.5 Å². The van der Waals surface area contributed by atoms with Crippen molar-refractivity contribution in [1.29, 1.82) is 5.26 Å². The van der Waals surface area contributed by atoms with Crippen LogP contribution in [0.1, 0.15) is 62.0 Å². The quantitative estimate of drug-likeness (QED) is 0.207. The van der Waals surface area contributed by atoms with Crippen LogP contribution in [0.2, 0.25) is 0 Å². The molecule has 6 nitrogen and oxygen atoms in total. The van der Waals surface area contributed by atoms with Crippen LogP contribution in [0.25, 0.3) is 6.08 Å². The van der Waals surface area contributed by atoms with E-state index >= 15 is 0 Å². The van der Waals surface area contributed by atoms with Crippen molar-refractivity contribution in [3.63, 3.8) is 0 Å². The minimum absolute atomic E-state index is 0.00756. The van der Waals surface area contributed by atoms with Crippen LogP contribution in [0.15, 0.2) is 48.0 Å². The zero-order valence-corrected chi connectivity index (χ0v) is 19.3. The largest absolute Gasteiger partial charge is 0.493 e. The van der Waals surface area contributed by atoms with Crippen LogP contribution in [0.4, 0.5) is 0 Å². The Labute approximate surface area is 189 Å². The lowest BCUT2D eigenvalue weighted by molar-refractivity contribution is -0.117. The zero-order chi connectivity index (χ0) is 23.7. The molecule has 0 aromatic heterocycles. The molecule has 0 aliphatic heterocycles. The third-order valence-electron chi connectivity index (χ3n) is 4.87. The van der Waals surface area contributed by atoms with Crippen molar-refractivity contribution in [2.24, 2.45) is 0 Å². The van der Waals surface area contributed by atoms with Gasteiger partial charge in [-0.1, -0.05) is 52.3 Å². The first-order valence-electron chi connectivity index (χ1n) is 10.6. The van der Waals surface area contributed by atoms with Crippen molar-refractivity contribution in [2.75, 3.05) is 13.7 Å². The molecule has 1 amide bonds. The maximum absolute atomic E-state index is 12.6. The maximum Gasteiger partial charge on any atom is 0.343 e. The van der Waals surface area contributed by atoms with Gasteiger partial charge in [0.25, 0.3) is 5.91 Å². The molecule has 0 saturated carbocycles. The molecule has 2 aromatic rings. The Kier molecular flexibility index (Phi) is 8.60. The van der Waals surface area contributed by atoms with Gasteiger partial charge in [-0.25, -0.2) is 4.79 Å². The number of nitrogens with zero attached hydrogens (tertiary/aromatic N) is 1.